The summed E-state index contributed by atoms with van der Waals surface area (Å²) in [7, 11) is 1.60. The monoisotopic (exact) mass is 347 g/mol. The first-order valence-corrected chi connectivity index (χ1v) is 8.21. The highest BCUT2D eigenvalue weighted by atomic mass is 35.5. The van der Waals surface area contributed by atoms with Crippen LogP contribution in [0, 0.1) is 5.92 Å². The minimum atomic E-state index is -0.0981. The van der Waals surface area contributed by atoms with Crippen LogP contribution >= 0.6 is 11.6 Å². The van der Waals surface area contributed by atoms with Gasteiger partial charge in [0, 0.05) is 22.7 Å². The first-order valence-electron chi connectivity index (χ1n) is 7.83. The van der Waals surface area contributed by atoms with Crippen LogP contribution in [0.25, 0.3) is 0 Å². The van der Waals surface area contributed by atoms with Crippen LogP contribution in [0.15, 0.2) is 42.5 Å². The molecule has 2 aromatic rings. The molecule has 0 atom stereocenters. The lowest BCUT2D eigenvalue weighted by Crippen LogP contribution is -2.27. The summed E-state index contributed by atoms with van der Waals surface area (Å²) in [6.07, 6.45) is 0. The summed E-state index contributed by atoms with van der Waals surface area (Å²) >= 11 is 5.86. The Morgan fingerprint density at radius 3 is 2.50 bits per heavy atom. The van der Waals surface area contributed by atoms with E-state index in [1.807, 2.05) is 0 Å². The van der Waals surface area contributed by atoms with Crippen LogP contribution in [0.1, 0.15) is 29.8 Å². The number of carbonyl (C=O) groups is 1. The van der Waals surface area contributed by atoms with E-state index in [9.17, 15) is 4.79 Å². The SMILES string of the molecule is COc1ccc(C(=O)NCC(C)C)cc1COc1ccc(Cl)cc1. The van der Waals surface area contributed by atoms with E-state index >= 15 is 0 Å². The molecule has 0 spiro atoms. The topological polar surface area (TPSA) is 47.6 Å². The van der Waals surface area contributed by atoms with Gasteiger partial charge in [-0.15, -0.1) is 0 Å². The molecule has 1 amide bonds. The van der Waals surface area contributed by atoms with Gasteiger partial charge in [-0.05, 0) is 48.4 Å². The van der Waals surface area contributed by atoms with E-state index in [1.54, 1.807) is 49.6 Å². The second-order valence-corrected chi connectivity index (χ2v) is 6.31. The third-order valence-electron chi connectivity index (χ3n) is 3.42. The predicted molar refractivity (Wildman–Crippen MR) is 95.9 cm³/mol. The Hall–Kier alpha value is -2.20. The van der Waals surface area contributed by atoms with Crippen molar-refractivity contribution in [3.05, 3.63) is 58.6 Å². The third kappa shape index (κ3) is 5.17. The van der Waals surface area contributed by atoms with Gasteiger partial charge in [-0.1, -0.05) is 25.4 Å². The van der Waals surface area contributed by atoms with Crippen molar-refractivity contribution in [3.8, 4) is 11.5 Å². The fourth-order valence-corrected chi connectivity index (χ4v) is 2.25. The molecule has 0 heterocycles. The second kappa shape index (κ2) is 8.60. The summed E-state index contributed by atoms with van der Waals surface area (Å²) in [5, 5.41) is 3.56. The molecule has 2 aromatic carbocycles. The molecular weight excluding hydrogens is 326 g/mol. The fourth-order valence-electron chi connectivity index (χ4n) is 2.12. The number of nitrogens with one attached hydrogen (secondary N) is 1. The highest BCUT2D eigenvalue weighted by molar-refractivity contribution is 6.30. The Labute approximate surface area is 147 Å². The standard InChI is InChI=1S/C19H22ClNO3/c1-13(2)11-21-19(22)14-4-9-18(23-3)15(10-14)12-24-17-7-5-16(20)6-8-17/h4-10,13H,11-12H2,1-3H3,(H,21,22). The highest BCUT2D eigenvalue weighted by Gasteiger charge is 2.11. The summed E-state index contributed by atoms with van der Waals surface area (Å²) in [6, 6.07) is 12.5. The normalized spacial score (nSPS) is 10.5. The van der Waals surface area contributed by atoms with Gasteiger partial charge in [-0.2, -0.15) is 0 Å². The molecule has 1 N–H and O–H groups in total. The zero-order valence-corrected chi connectivity index (χ0v) is 14.9. The lowest BCUT2D eigenvalue weighted by molar-refractivity contribution is 0.0949. The van der Waals surface area contributed by atoms with Gasteiger partial charge in [0.15, 0.2) is 0 Å². The molecule has 24 heavy (non-hydrogen) atoms. The second-order valence-electron chi connectivity index (χ2n) is 5.87. The van der Waals surface area contributed by atoms with Crippen molar-refractivity contribution >= 4 is 17.5 Å². The highest BCUT2D eigenvalue weighted by Crippen LogP contribution is 2.23. The fraction of sp³-hybridized carbons (Fsp3) is 0.316. The van der Waals surface area contributed by atoms with E-state index in [1.165, 1.54) is 0 Å². The van der Waals surface area contributed by atoms with Gasteiger partial charge in [0.05, 0.1) is 7.11 Å². The number of benzene rings is 2. The summed E-state index contributed by atoms with van der Waals surface area (Å²) in [4.78, 5) is 12.2. The van der Waals surface area contributed by atoms with Crippen LogP contribution in [0.5, 0.6) is 11.5 Å². The van der Waals surface area contributed by atoms with Gasteiger partial charge in [-0.3, -0.25) is 4.79 Å². The minimum Gasteiger partial charge on any atom is -0.496 e. The first-order chi connectivity index (χ1) is 11.5. The van der Waals surface area contributed by atoms with Crippen molar-refractivity contribution in [2.24, 2.45) is 5.92 Å². The molecular formula is C19H22ClNO3. The van der Waals surface area contributed by atoms with E-state index in [-0.39, 0.29) is 5.91 Å². The van der Waals surface area contributed by atoms with Gasteiger partial charge < -0.3 is 14.8 Å². The number of ether oxygens (including phenoxy) is 2. The molecule has 128 valence electrons. The molecule has 0 bridgehead atoms. The Kier molecular flexibility index (Phi) is 6.50. The molecule has 0 aliphatic carbocycles. The molecule has 0 aliphatic heterocycles. The number of amides is 1. The van der Waals surface area contributed by atoms with E-state index in [0.717, 1.165) is 5.56 Å². The number of hydrogen-bond acceptors (Lipinski definition) is 3. The Morgan fingerprint density at radius 1 is 1.17 bits per heavy atom. The summed E-state index contributed by atoms with van der Waals surface area (Å²) in [6.45, 7) is 5.05. The average Bonchev–Trinajstić information content (AvgIpc) is 2.58. The maximum atomic E-state index is 12.2. The zero-order chi connectivity index (χ0) is 17.5. The Morgan fingerprint density at radius 2 is 1.88 bits per heavy atom. The average molecular weight is 348 g/mol. The van der Waals surface area contributed by atoms with Gasteiger partial charge in [0.25, 0.3) is 5.91 Å². The maximum absolute atomic E-state index is 12.2. The first kappa shape index (κ1) is 18.1. The number of carbonyl (C=O) groups excluding carboxylic acids is 1. The molecule has 0 fully saturated rings. The maximum Gasteiger partial charge on any atom is 0.251 e. The van der Waals surface area contributed by atoms with Gasteiger partial charge >= 0.3 is 0 Å². The van der Waals surface area contributed by atoms with E-state index in [4.69, 9.17) is 21.1 Å². The molecule has 0 aliphatic rings. The van der Waals surface area contributed by atoms with Crippen LogP contribution in [0.4, 0.5) is 0 Å². The molecule has 5 heteroatoms. The van der Waals surface area contributed by atoms with Crippen LogP contribution in [-0.2, 0) is 6.61 Å². The number of methoxy groups -OCH3 is 1. The zero-order valence-electron chi connectivity index (χ0n) is 14.1. The summed E-state index contributed by atoms with van der Waals surface area (Å²) in [5.41, 5.74) is 1.40. The molecule has 0 saturated heterocycles. The van der Waals surface area contributed by atoms with Gasteiger partial charge in [-0.25, -0.2) is 0 Å². The molecule has 0 radical (unpaired) electrons. The summed E-state index contributed by atoms with van der Waals surface area (Å²) in [5.74, 6) is 1.69. The van der Waals surface area contributed by atoms with E-state index < -0.39 is 0 Å². The lowest BCUT2D eigenvalue weighted by Gasteiger charge is -2.13. The van der Waals surface area contributed by atoms with Crippen LogP contribution in [0.2, 0.25) is 5.02 Å². The van der Waals surface area contributed by atoms with Crippen molar-refractivity contribution in [1.82, 2.24) is 5.32 Å². The molecule has 4 nitrogen and oxygen atoms in total. The lowest BCUT2D eigenvalue weighted by atomic mass is 10.1. The van der Waals surface area contributed by atoms with Crippen LogP contribution < -0.4 is 14.8 Å². The van der Waals surface area contributed by atoms with Crippen molar-refractivity contribution in [2.45, 2.75) is 20.5 Å². The van der Waals surface area contributed by atoms with Crippen LogP contribution in [0.3, 0.4) is 0 Å². The summed E-state index contributed by atoms with van der Waals surface area (Å²) < 4.78 is 11.1. The quantitative estimate of drug-likeness (QED) is 0.811. The Balaban J connectivity index is 2.10. The third-order valence-corrected chi connectivity index (χ3v) is 3.67. The smallest absolute Gasteiger partial charge is 0.251 e. The number of hydrogen-bond donors (Lipinski definition) is 1. The van der Waals surface area contributed by atoms with Crippen molar-refractivity contribution < 1.29 is 14.3 Å². The van der Waals surface area contributed by atoms with Crippen molar-refractivity contribution in [3.63, 3.8) is 0 Å². The largest absolute Gasteiger partial charge is 0.496 e. The van der Waals surface area contributed by atoms with Gasteiger partial charge in [0.2, 0.25) is 0 Å². The molecule has 0 aromatic heterocycles. The van der Waals surface area contributed by atoms with Crippen molar-refractivity contribution in [1.29, 1.82) is 0 Å². The molecule has 0 unspecified atom stereocenters. The Bertz CT molecular complexity index is 684. The minimum absolute atomic E-state index is 0.0981. The van der Waals surface area contributed by atoms with E-state index in [2.05, 4.69) is 19.2 Å². The predicted octanol–water partition coefficient (Wildman–Crippen LogP) is 4.31. The van der Waals surface area contributed by atoms with E-state index in [0.29, 0.717) is 41.2 Å². The molecule has 0 saturated carbocycles. The van der Waals surface area contributed by atoms with Crippen LogP contribution in [-0.4, -0.2) is 19.6 Å². The number of halogens is 1. The molecule has 2 rings (SSSR count). The number of rotatable bonds is 7. The van der Waals surface area contributed by atoms with Gasteiger partial charge in [0.1, 0.15) is 18.1 Å². The van der Waals surface area contributed by atoms with Crippen molar-refractivity contribution in [2.75, 3.05) is 13.7 Å².